The molecule has 0 bridgehead atoms. The maximum atomic E-state index is 11.2. The van der Waals surface area contributed by atoms with Crippen molar-refractivity contribution in [2.24, 2.45) is 5.84 Å². The molecule has 0 atom stereocenters. The van der Waals surface area contributed by atoms with Crippen LogP contribution in [0.25, 0.3) is 11.0 Å². The van der Waals surface area contributed by atoms with E-state index in [0.29, 0.717) is 6.54 Å². The summed E-state index contributed by atoms with van der Waals surface area (Å²) in [6.45, 7) is 2.54. The van der Waals surface area contributed by atoms with Crippen LogP contribution >= 0.6 is 0 Å². The average molecular weight is 247 g/mol. The topological polar surface area (TPSA) is 87.0 Å². The number of aromatic amines is 1. The number of rotatable bonds is 3. The molecule has 0 spiro atoms. The lowest BCUT2D eigenvalue weighted by Gasteiger charge is -2.15. The first-order valence-corrected chi connectivity index (χ1v) is 5.77. The normalized spacial score (nSPS) is 10.6. The number of nitrogens with zero attached hydrogens (tertiary/aromatic N) is 2. The minimum Gasteiger partial charge on any atom is -0.342 e. The van der Waals surface area contributed by atoms with E-state index in [1.807, 2.05) is 19.1 Å². The molecular formula is C12H17N5O. The molecule has 18 heavy (non-hydrogen) atoms. The molecule has 0 radical (unpaired) electrons. The zero-order chi connectivity index (χ0) is 13.1. The number of carbonyl (C=O) groups excluding carboxylic acids is 1. The number of hydrogen-bond donors (Lipinski definition) is 3. The number of fused-ring (bicyclic) bond motifs is 1. The standard InChI is InChI=1S/C12H17N5O/c1-8-14-10-4-3-9(7-11(10)15-8)5-6-17(2)12(18)16-13/h3-4,7H,5-6,13H2,1-2H3,(H,14,15)(H,16,18). The Labute approximate surface area is 105 Å². The molecule has 0 saturated carbocycles. The number of imidazole rings is 1. The molecule has 2 aromatic rings. The number of aromatic nitrogens is 2. The summed E-state index contributed by atoms with van der Waals surface area (Å²) in [5, 5.41) is 0. The Morgan fingerprint density at radius 1 is 1.56 bits per heavy atom. The van der Waals surface area contributed by atoms with E-state index in [1.54, 1.807) is 11.9 Å². The van der Waals surface area contributed by atoms with Gasteiger partial charge in [0, 0.05) is 13.6 Å². The zero-order valence-corrected chi connectivity index (χ0v) is 10.5. The summed E-state index contributed by atoms with van der Waals surface area (Å²) in [5.74, 6) is 5.97. The molecule has 0 aliphatic rings. The molecule has 2 amide bonds. The highest BCUT2D eigenvalue weighted by Crippen LogP contribution is 2.14. The number of nitrogens with one attached hydrogen (secondary N) is 2. The largest absolute Gasteiger partial charge is 0.342 e. The summed E-state index contributed by atoms with van der Waals surface area (Å²) < 4.78 is 0. The Kier molecular flexibility index (Phi) is 3.47. The number of hydrogen-bond acceptors (Lipinski definition) is 3. The molecule has 0 aliphatic carbocycles. The first-order valence-electron chi connectivity index (χ1n) is 5.77. The summed E-state index contributed by atoms with van der Waals surface area (Å²) in [5.41, 5.74) is 5.25. The van der Waals surface area contributed by atoms with Crippen molar-refractivity contribution in [1.29, 1.82) is 0 Å². The number of hydrazine groups is 1. The van der Waals surface area contributed by atoms with Crippen LogP contribution in [-0.4, -0.2) is 34.5 Å². The summed E-state index contributed by atoms with van der Waals surface area (Å²) in [4.78, 5) is 20.3. The van der Waals surface area contributed by atoms with Crippen molar-refractivity contribution in [2.45, 2.75) is 13.3 Å². The Morgan fingerprint density at radius 3 is 3.06 bits per heavy atom. The third-order valence-electron chi connectivity index (χ3n) is 2.87. The van der Waals surface area contributed by atoms with Crippen LogP contribution < -0.4 is 11.3 Å². The Hall–Kier alpha value is -2.08. The number of carbonyl (C=O) groups is 1. The smallest absolute Gasteiger partial charge is 0.331 e. The van der Waals surface area contributed by atoms with Gasteiger partial charge in [0.2, 0.25) is 0 Å². The van der Waals surface area contributed by atoms with Crippen LogP contribution in [0.4, 0.5) is 4.79 Å². The lowest BCUT2D eigenvalue weighted by Crippen LogP contribution is -2.41. The van der Waals surface area contributed by atoms with Gasteiger partial charge in [-0.1, -0.05) is 6.07 Å². The SMILES string of the molecule is Cc1nc2ccc(CCN(C)C(=O)NN)cc2[nH]1. The molecule has 0 unspecified atom stereocenters. The van der Waals surface area contributed by atoms with Gasteiger partial charge in [-0.15, -0.1) is 0 Å². The Bertz CT molecular complexity index is 563. The number of nitrogens with two attached hydrogens (primary N) is 1. The molecule has 6 nitrogen and oxygen atoms in total. The van der Waals surface area contributed by atoms with Gasteiger partial charge in [-0.25, -0.2) is 15.6 Å². The minimum absolute atomic E-state index is 0.284. The second-order valence-corrected chi connectivity index (χ2v) is 4.29. The zero-order valence-electron chi connectivity index (χ0n) is 10.5. The maximum Gasteiger partial charge on any atom is 0.331 e. The molecular weight excluding hydrogens is 230 g/mol. The number of aryl methyl sites for hydroxylation is 1. The molecule has 6 heteroatoms. The van der Waals surface area contributed by atoms with Gasteiger partial charge in [-0.2, -0.15) is 0 Å². The second kappa shape index (κ2) is 5.05. The van der Waals surface area contributed by atoms with Crippen molar-refractivity contribution in [2.75, 3.05) is 13.6 Å². The van der Waals surface area contributed by atoms with E-state index in [-0.39, 0.29) is 6.03 Å². The van der Waals surface area contributed by atoms with Gasteiger partial charge in [0.25, 0.3) is 0 Å². The molecule has 0 saturated heterocycles. The number of H-pyrrole nitrogens is 1. The van der Waals surface area contributed by atoms with Crippen molar-refractivity contribution in [1.82, 2.24) is 20.3 Å². The lowest BCUT2D eigenvalue weighted by atomic mass is 10.1. The fraction of sp³-hybridized carbons (Fsp3) is 0.333. The third kappa shape index (κ3) is 2.60. The molecule has 96 valence electrons. The van der Waals surface area contributed by atoms with Gasteiger partial charge in [-0.3, -0.25) is 5.43 Å². The molecule has 1 aromatic carbocycles. The van der Waals surface area contributed by atoms with Crippen LogP contribution in [-0.2, 0) is 6.42 Å². The number of amides is 2. The quantitative estimate of drug-likeness (QED) is 0.428. The summed E-state index contributed by atoms with van der Waals surface area (Å²) in [7, 11) is 1.71. The summed E-state index contributed by atoms with van der Waals surface area (Å²) in [6.07, 6.45) is 0.776. The van der Waals surface area contributed by atoms with E-state index in [2.05, 4.69) is 21.5 Å². The number of urea groups is 1. The van der Waals surface area contributed by atoms with Crippen LogP contribution in [0.15, 0.2) is 18.2 Å². The average Bonchev–Trinajstić information content (AvgIpc) is 2.74. The lowest BCUT2D eigenvalue weighted by molar-refractivity contribution is 0.209. The van der Waals surface area contributed by atoms with Crippen LogP contribution in [0.3, 0.4) is 0 Å². The predicted molar refractivity (Wildman–Crippen MR) is 69.9 cm³/mol. The van der Waals surface area contributed by atoms with Gasteiger partial charge < -0.3 is 9.88 Å². The van der Waals surface area contributed by atoms with Gasteiger partial charge in [0.1, 0.15) is 5.82 Å². The molecule has 4 N–H and O–H groups in total. The monoisotopic (exact) mass is 247 g/mol. The van der Waals surface area contributed by atoms with Gasteiger partial charge >= 0.3 is 6.03 Å². The van der Waals surface area contributed by atoms with Crippen LogP contribution in [0.5, 0.6) is 0 Å². The fourth-order valence-corrected chi connectivity index (χ4v) is 1.85. The molecule has 0 aliphatic heterocycles. The van der Waals surface area contributed by atoms with Gasteiger partial charge in [-0.05, 0) is 31.0 Å². The Balaban J connectivity index is 2.05. The molecule has 1 aromatic heterocycles. The Morgan fingerprint density at radius 2 is 2.33 bits per heavy atom. The minimum atomic E-state index is -0.284. The molecule has 1 heterocycles. The number of benzene rings is 1. The fourth-order valence-electron chi connectivity index (χ4n) is 1.85. The molecule has 0 fully saturated rings. The highest BCUT2D eigenvalue weighted by atomic mass is 16.2. The molecule has 2 rings (SSSR count). The van der Waals surface area contributed by atoms with E-state index >= 15 is 0 Å². The van der Waals surface area contributed by atoms with Crippen molar-refractivity contribution in [3.05, 3.63) is 29.6 Å². The third-order valence-corrected chi connectivity index (χ3v) is 2.87. The van der Waals surface area contributed by atoms with Crippen molar-refractivity contribution >= 4 is 17.1 Å². The van der Waals surface area contributed by atoms with Crippen molar-refractivity contribution < 1.29 is 4.79 Å². The van der Waals surface area contributed by atoms with Crippen LogP contribution in [0.1, 0.15) is 11.4 Å². The predicted octanol–water partition coefficient (Wildman–Crippen LogP) is 0.929. The number of likely N-dealkylation sites (N-methyl/N-ethyl adjacent to an activating group) is 1. The van der Waals surface area contributed by atoms with E-state index in [9.17, 15) is 4.79 Å². The first-order chi connectivity index (χ1) is 8.60. The first kappa shape index (κ1) is 12.4. The van der Waals surface area contributed by atoms with E-state index in [1.165, 1.54) is 0 Å². The second-order valence-electron chi connectivity index (χ2n) is 4.29. The van der Waals surface area contributed by atoms with Crippen molar-refractivity contribution in [3.63, 3.8) is 0 Å². The maximum absolute atomic E-state index is 11.2. The summed E-state index contributed by atoms with van der Waals surface area (Å²) >= 11 is 0. The summed E-state index contributed by atoms with van der Waals surface area (Å²) in [6, 6.07) is 5.78. The highest BCUT2D eigenvalue weighted by Gasteiger charge is 2.06. The van der Waals surface area contributed by atoms with E-state index in [4.69, 9.17) is 5.84 Å². The highest BCUT2D eigenvalue weighted by molar-refractivity contribution is 5.76. The van der Waals surface area contributed by atoms with Crippen LogP contribution in [0.2, 0.25) is 0 Å². The van der Waals surface area contributed by atoms with E-state index < -0.39 is 0 Å². The van der Waals surface area contributed by atoms with Crippen molar-refractivity contribution in [3.8, 4) is 0 Å². The van der Waals surface area contributed by atoms with E-state index in [0.717, 1.165) is 28.8 Å². The van der Waals surface area contributed by atoms with Gasteiger partial charge in [0.05, 0.1) is 11.0 Å². The van der Waals surface area contributed by atoms with Crippen LogP contribution in [0, 0.1) is 6.92 Å². The van der Waals surface area contributed by atoms with Gasteiger partial charge in [0.15, 0.2) is 0 Å².